The van der Waals surface area contributed by atoms with Gasteiger partial charge in [-0.25, -0.2) is 4.98 Å². The summed E-state index contributed by atoms with van der Waals surface area (Å²) in [6, 6.07) is 4.36. The third-order valence-electron chi connectivity index (χ3n) is 4.09. The fraction of sp³-hybridized carbons (Fsp3) is 0.222. The molecule has 0 aliphatic heterocycles. The first-order valence-corrected chi connectivity index (χ1v) is 8.56. The maximum atomic E-state index is 13.1. The minimum absolute atomic E-state index is 0.0333. The highest BCUT2D eigenvalue weighted by Gasteiger charge is 2.33. The van der Waals surface area contributed by atoms with Crippen LogP contribution in [0.3, 0.4) is 0 Å². The van der Waals surface area contributed by atoms with Crippen molar-refractivity contribution >= 4 is 28.8 Å². The molecule has 0 bridgehead atoms. The number of nitrogens with zero attached hydrogens (tertiary/aromatic N) is 2. The zero-order valence-corrected chi connectivity index (χ0v) is 15.4. The van der Waals surface area contributed by atoms with Crippen molar-refractivity contribution in [3.8, 4) is 0 Å². The molecule has 154 valence electrons. The van der Waals surface area contributed by atoms with E-state index >= 15 is 0 Å². The number of rotatable bonds is 3. The number of amides is 1. The van der Waals surface area contributed by atoms with E-state index in [4.69, 9.17) is 11.6 Å². The van der Waals surface area contributed by atoms with Gasteiger partial charge in [-0.2, -0.15) is 26.3 Å². The average molecular weight is 436 g/mol. The van der Waals surface area contributed by atoms with Gasteiger partial charge in [-0.05, 0) is 36.8 Å². The van der Waals surface area contributed by atoms with Gasteiger partial charge in [-0.3, -0.25) is 9.20 Å². The predicted molar refractivity (Wildman–Crippen MR) is 94.0 cm³/mol. The average Bonchev–Trinajstić information content (AvgIpc) is 3.00. The lowest BCUT2D eigenvalue weighted by Gasteiger charge is -2.11. The van der Waals surface area contributed by atoms with Crippen LogP contribution in [-0.4, -0.2) is 15.3 Å². The second kappa shape index (κ2) is 7.25. The molecule has 0 atom stereocenters. The number of nitrogens with one attached hydrogen (secondary N) is 1. The van der Waals surface area contributed by atoms with Crippen molar-refractivity contribution in [3.63, 3.8) is 0 Å². The van der Waals surface area contributed by atoms with Crippen LogP contribution >= 0.6 is 11.6 Å². The summed E-state index contributed by atoms with van der Waals surface area (Å²) >= 11 is 5.91. The Kier molecular flexibility index (Phi) is 5.24. The van der Waals surface area contributed by atoms with E-state index in [-0.39, 0.29) is 34.2 Å². The zero-order chi connectivity index (χ0) is 21.6. The summed E-state index contributed by atoms with van der Waals surface area (Å²) in [6.07, 6.45) is -8.32. The van der Waals surface area contributed by atoms with Crippen molar-refractivity contribution < 1.29 is 31.1 Å². The van der Waals surface area contributed by atoms with Crippen molar-refractivity contribution in [3.05, 3.63) is 64.1 Å². The lowest BCUT2D eigenvalue weighted by molar-refractivity contribution is -0.138. The number of halogens is 7. The maximum Gasteiger partial charge on any atom is 0.417 e. The molecule has 0 saturated carbocycles. The van der Waals surface area contributed by atoms with E-state index in [2.05, 4.69) is 10.3 Å². The Morgan fingerprint density at radius 1 is 1.07 bits per heavy atom. The zero-order valence-electron chi connectivity index (χ0n) is 14.6. The molecule has 29 heavy (non-hydrogen) atoms. The molecule has 0 aliphatic rings. The molecular formula is C18H12ClF6N3O. The first kappa shape index (κ1) is 21.0. The van der Waals surface area contributed by atoms with Gasteiger partial charge < -0.3 is 5.32 Å². The molecular weight excluding hydrogens is 424 g/mol. The molecule has 3 rings (SSSR count). The van der Waals surface area contributed by atoms with Gasteiger partial charge in [0.1, 0.15) is 5.69 Å². The summed E-state index contributed by atoms with van der Waals surface area (Å²) in [6.45, 7) is 1.65. The van der Waals surface area contributed by atoms with E-state index in [1.54, 1.807) is 6.92 Å². The Bertz CT molecular complexity index is 1070. The number of hydrogen-bond donors (Lipinski definition) is 1. The monoisotopic (exact) mass is 435 g/mol. The molecule has 0 radical (unpaired) electrons. The number of aryl methyl sites for hydroxylation is 1. The highest BCUT2D eigenvalue weighted by atomic mass is 35.5. The normalized spacial score (nSPS) is 12.4. The third kappa shape index (κ3) is 4.16. The van der Waals surface area contributed by atoms with Crippen molar-refractivity contribution in [2.24, 2.45) is 0 Å². The Labute approximate surface area is 165 Å². The van der Waals surface area contributed by atoms with E-state index < -0.39 is 29.4 Å². The smallest absolute Gasteiger partial charge is 0.321 e. The van der Waals surface area contributed by atoms with Gasteiger partial charge in [0.25, 0.3) is 5.91 Å². The van der Waals surface area contributed by atoms with E-state index in [1.165, 1.54) is 0 Å². The molecule has 0 unspecified atom stereocenters. The minimum Gasteiger partial charge on any atom is -0.321 e. The molecule has 0 spiro atoms. The number of pyridine rings is 1. The van der Waals surface area contributed by atoms with E-state index in [0.29, 0.717) is 12.3 Å². The van der Waals surface area contributed by atoms with Crippen LogP contribution in [0.2, 0.25) is 5.02 Å². The van der Waals surface area contributed by atoms with Crippen LogP contribution in [0.4, 0.5) is 32.0 Å². The molecule has 11 heteroatoms. The van der Waals surface area contributed by atoms with Gasteiger partial charge >= 0.3 is 12.4 Å². The summed E-state index contributed by atoms with van der Waals surface area (Å²) in [7, 11) is 0. The largest absolute Gasteiger partial charge is 0.417 e. The van der Waals surface area contributed by atoms with Gasteiger partial charge in [-0.15, -0.1) is 0 Å². The highest BCUT2D eigenvalue weighted by molar-refractivity contribution is 6.33. The molecule has 1 aromatic carbocycles. The number of fused-ring (bicyclic) bond motifs is 1. The number of anilines is 1. The van der Waals surface area contributed by atoms with Crippen LogP contribution in [0.5, 0.6) is 0 Å². The molecule has 4 nitrogen and oxygen atoms in total. The number of hydrogen-bond acceptors (Lipinski definition) is 2. The van der Waals surface area contributed by atoms with E-state index in [9.17, 15) is 31.1 Å². The lowest BCUT2D eigenvalue weighted by Crippen LogP contribution is -2.17. The van der Waals surface area contributed by atoms with Gasteiger partial charge in [0.05, 0.1) is 21.8 Å². The Morgan fingerprint density at radius 2 is 1.66 bits per heavy atom. The quantitative estimate of drug-likeness (QED) is 0.525. The number of imidazole rings is 1. The fourth-order valence-corrected chi connectivity index (χ4v) is 2.98. The summed E-state index contributed by atoms with van der Waals surface area (Å²) in [5.41, 5.74) is -1.96. The van der Waals surface area contributed by atoms with Gasteiger partial charge in [0, 0.05) is 11.9 Å². The topological polar surface area (TPSA) is 46.4 Å². The van der Waals surface area contributed by atoms with Crippen molar-refractivity contribution in [1.82, 2.24) is 9.38 Å². The molecule has 0 fully saturated rings. The summed E-state index contributed by atoms with van der Waals surface area (Å²) in [5, 5.41) is 2.09. The van der Waals surface area contributed by atoms with Crippen molar-refractivity contribution in [2.75, 3.05) is 5.32 Å². The SMILES string of the molecule is CCc1nc2c(Cl)cc(C(F)(F)F)cn2c1C(=O)Nc1ccc(C(F)(F)F)cc1. The number of benzene rings is 1. The molecule has 1 amide bonds. The Balaban J connectivity index is 2.03. The van der Waals surface area contributed by atoms with Crippen LogP contribution in [0.1, 0.15) is 34.2 Å². The minimum atomic E-state index is -4.70. The van der Waals surface area contributed by atoms with Crippen LogP contribution in [-0.2, 0) is 18.8 Å². The van der Waals surface area contributed by atoms with E-state index in [0.717, 1.165) is 28.7 Å². The van der Waals surface area contributed by atoms with Gasteiger partial charge in [0.2, 0.25) is 0 Å². The number of carbonyl (C=O) groups is 1. The molecule has 0 aliphatic carbocycles. The van der Waals surface area contributed by atoms with Crippen LogP contribution in [0.15, 0.2) is 36.5 Å². The summed E-state index contributed by atoms with van der Waals surface area (Å²) < 4.78 is 78.2. The number of aromatic nitrogens is 2. The van der Waals surface area contributed by atoms with Gasteiger partial charge in [-0.1, -0.05) is 18.5 Å². The highest BCUT2D eigenvalue weighted by Crippen LogP contribution is 2.33. The summed E-state index contributed by atoms with van der Waals surface area (Å²) in [5.74, 6) is -0.829. The molecule has 0 saturated heterocycles. The Morgan fingerprint density at radius 3 is 2.17 bits per heavy atom. The van der Waals surface area contributed by atoms with Gasteiger partial charge in [0.15, 0.2) is 5.65 Å². The van der Waals surface area contributed by atoms with Crippen LogP contribution in [0, 0.1) is 0 Å². The van der Waals surface area contributed by atoms with Crippen LogP contribution in [0.25, 0.3) is 5.65 Å². The maximum absolute atomic E-state index is 13.1. The first-order chi connectivity index (χ1) is 13.4. The predicted octanol–water partition coefficient (Wildman–Crippen LogP) is 5.84. The Hall–Kier alpha value is -2.75. The number of carbonyl (C=O) groups excluding carboxylic acids is 1. The summed E-state index contributed by atoms with van der Waals surface area (Å²) in [4.78, 5) is 16.8. The van der Waals surface area contributed by atoms with Crippen LogP contribution < -0.4 is 5.32 Å². The molecule has 3 aromatic rings. The number of alkyl halides is 6. The lowest BCUT2D eigenvalue weighted by atomic mass is 10.2. The first-order valence-electron chi connectivity index (χ1n) is 8.18. The fourth-order valence-electron chi connectivity index (χ4n) is 2.73. The van der Waals surface area contributed by atoms with E-state index in [1.807, 2.05) is 0 Å². The third-order valence-corrected chi connectivity index (χ3v) is 4.37. The second-order valence-corrected chi connectivity index (χ2v) is 6.47. The molecule has 1 N–H and O–H groups in total. The molecule has 2 aromatic heterocycles. The standard InChI is InChI=1S/C18H12ClF6N3O/c1-2-13-14(16(29)26-11-5-3-9(4-6-11)17(20,21)22)28-8-10(18(23,24)25)7-12(19)15(28)27-13/h3-8H,2H2,1H3,(H,26,29). The van der Waals surface area contributed by atoms with Crippen molar-refractivity contribution in [2.45, 2.75) is 25.7 Å². The van der Waals surface area contributed by atoms with Crippen molar-refractivity contribution in [1.29, 1.82) is 0 Å². The molecule has 2 heterocycles. The second-order valence-electron chi connectivity index (χ2n) is 6.06.